The van der Waals surface area contributed by atoms with Gasteiger partial charge in [-0.3, -0.25) is 9.69 Å². The van der Waals surface area contributed by atoms with Gasteiger partial charge in [-0.1, -0.05) is 0 Å². The van der Waals surface area contributed by atoms with Gasteiger partial charge in [-0.2, -0.15) is 0 Å². The van der Waals surface area contributed by atoms with E-state index in [1.165, 1.54) is 12.1 Å². The minimum absolute atomic E-state index is 0.0596. The van der Waals surface area contributed by atoms with Crippen LogP contribution in [0.1, 0.15) is 12.2 Å². The summed E-state index contributed by atoms with van der Waals surface area (Å²) >= 11 is 0. The number of rotatable bonds is 5. The van der Waals surface area contributed by atoms with Gasteiger partial charge in [0.05, 0.1) is 31.0 Å². The van der Waals surface area contributed by atoms with Crippen molar-refractivity contribution in [2.45, 2.75) is 19.4 Å². The number of carbonyl (C=O) groups is 1. The fourth-order valence-corrected chi connectivity index (χ4v) is 3.80. The first-order valence-electron chi connectivity index (χ1n) is 9.59. The van der Waals surface area contributed by atoms with Gasteiger partial charge in [-0.05, 0) is 36.2 Å². The van der Waals surface area contributed by atoms with Gasteiger partial charge in [-0.15, -0.1) is 0 Å². The lowest BCUT2D eigenvalue weighted by Crippen LogP contribution is -2.43. The lowest BCUT2D eigenvalue weighted by Gasteiger charge is -2.28. The van der Waals surface area contributed by atoms with Crippen molar-refractivity contribution in [2.75, 3.05) is 39.4 Å². The van der Waals surface area contributed by atoms with Gasteiger partial charge in [0, 0.05) is 39.1 Å². The number of imidazole rings is 1. The van der Waals surface area contributed by atoms with Crippen molar-refractivity contribution in [3.63, 3.8) is 0 Å². The van der Waals surface area contributed by atoms with Crippen LogP contribution in [0.5, 0.6) is 0 Å². The second-order valence-corrected chi connectivity index (χ2v) is 7.16. The van der Waals surface area contributed by atoms with Crippen molar-refractivity contribution < 1.29 is 13.9 Å². The number of morpholine rings is 1. The van der Waals surface area contributed by atoms with Crippen molar-refractivity contribution in [3.05, 3.63) is 42.1 Å². The van der Waals surface area contributed by atoms with Crippen molar-refractivity contribution >= 4 is 5.91 Å². The molecular formula is C20H25FN4O2. The summed E-state index contributed by atoms with van der Waals surface area (Å²) in [5, 5.41) is 3.08. The zero-order valence-electron chi connectivity index (χ0n) is 15.4. The second kappa shape index (κ2) is 8.19. The highest BCUT2D eigenvalue weighted by molar-refractivity contribution is 5.79. The Hall–Kier alpha value is -2.25. The third-order valence-corrected chi connectivity index (χ3v) is 5.40. The Balaban J connectivity index is 1.36. The monoisotopic (exact) mass is 372 g/mol. The van der Waals surface area contributed by atoms with Crippen LogP contribution in [0.15, 0.2) is 30.5 Å². The molecule has 27 heavy (non-hydrogen) atoms. The average molecular weight is 372 g/mol. The van der Waals surface area contributed by atoms with Crippen LogP contribution in [0, 0.1) is 11.7 Å². The fraction of sp³-hybridized carbons (Fsp3) is 0.500. The molecule has 1 aromatic carbocycles. The van der Waals surface area contributed by atoms with Gasteiger partial charge >= 0.3 is 0 Å². The van der Waals surface area contributed by atoms with Crippen molar-refractivity contribution in [3.8, 4) is 11.3 Å². The molecule has 2 aliphatic rings. The maximum atomic E-state index is 13.2. The van der Waals surface area contributed by atoms with E-state index >= 15 is 0 Å². The Labute approximate surface area is 158 Å². The summed E-state index contributed by atoms with van der Waals surface area (Å²) in [7, 11) is 0. The van der Waals surface area contributed by atoms with Crippen LogP contribution < -0.4 is 5.32 Å². The standard InChI is InChI=1S/C20H25FN4O2/c21-17-4-1-15(2-5-17)18-13-23-19-6-3-16(14-25(18)19)20(26)22-7-8-24-9-11-27-12-10-24/h1-2,4-5,13,16H,3,6-12,14H2,(H,22,26). The first kappa shape index (κ1) is 18.1. The molecule has 1 N–H and O–H groups in total. The van der Waals surface area contributed by atoms with E-state index in [4.69, 9.17) is 4.74 Å². The van der Waals surface area contributed by atoms with Crippen LogP contribution in [0.3, 0.4) is 0 Å². The van der Waals surface area contributed by atoms with Crippen molar-refractivity contribution in [1.82, 2.24) is 19.8 Å². The molecule has 1 amide bonds. The van der Waals surface area contributed by atoms with Crippen molar-refractivity contribution in [2.24, 2.45) is 5.92 Å². The molecule has 0 radical (unpaired) electrons. The SMILES string of the molecule is O=C(NCCN1CCOCC1)C1CCc2ncc(-c3ccc(F)cc3)n2C1. The third kappa shape index (κ3) is 4.20. The topological polar surface area (TPSA) is 59.4 Å². The van der Waals surface area contributed by atoms with Crippen molar-refractivity contribution in [1.29, 1.82) is 0 Å². The molecule has 4 rings (SSSR count). The summed E-state index contributed by atoms with van der Waals surface area (Å²) in [5.74, 6) is 0.782. The Morgan fingerprint density at radius 1 is 1.26 bits per heavy atom. The van der Waals surface area contributed by atoms with Gasteiger partial charge < -0.3 is 14.6 Å². The number of hydrogen-bond donors (Lipinski definition) is 1. The normalized spacial score (nSPS) is 20.3. The molecule has 2 aliphatic heterocycles. The van der Waals surface area contributed by atoms with E-state index in [-0.39, 0.29) is 17.6 Å². The van der Waals surface area contributed by atoms with Crippen LogP contribution in [-0.4, -0.2) is 59.8 Å². The predicted octanol–water partition coefficient (Wildman–Crippen LogP) is 1.70. The molecule has 1 unspecified atom stereocenters. The summed E-state index contributed by atoms with van der Waals surface area (Å²) in [4.78, 5) is 19.4. The van der Waals surface area contributed by atoms with Crippen LogP contribution in [0.25, 0.3) is 11.3 Å². The minimum Gasteiger partial charge on any atom is -0.379 e. The number of aromatic nitrogens is 2. The molecule has 0 saturated carbocycles. The molecule has 1 fully saturated rings. The number of nitrogens with one attached hydrogen (secondary N) is 1. The summed E-state index contributed by atoms with van der Waals surface area (Å²) < 4.78 is 20.6. The number of amides is 1. The summed E-state index contributed by atoms with van der Waals surface area (Å²) in [6, 6.07) is 6.42. The number of carbonyl (C=O) groups excluding carboxylic acids is 1. The molecule has 3 heterocycles. The molecule has 0 bridgehead atoms. The first-order chi connectivity index (χ1) is 13.2. The van der Waals surface area contributed by atoms with Gasteiger partial charge in [-0.25, -0.2) is 9.37 Å². The van der Waals surface area contributed by atoms with Gasteiger partial charge in [0.1, 0.15) is 11.6 Å². The van der Waals surface area contributed by atoms with E-state index in [2.05, 4.69) is 19.8 Å². The zero-order valence-corrected chi connectivity index (χ0v) is 15.4. The van der Waals surface area contributed by atoms with Crippen LogP contribution in [0.4, 0.5) is 4.39 Å². The molecule has 1 saturated heterocycles. The first-order valence-corrected chi connectivity index (χ1v) is 9.59. The van der Waals surface area contributed by atoms with E-state index in [0.717, 1.165) is 62.8 Å². The Bertz CT molecular complexity index is 784. The fourth-order valence-electron chi connectivity index (χ4n) is 3.80. The average Bonchev–Trinajstić information content (AvgIpc) is 3.12. The van der Waals surface area contributed by atoms with Crippen LogP contribution in [0.2, 0.25) is 0 Å². The molecule has 144 valence electrons. The molecular weight excluding hydrogens is 347 g/mol. The quantitative estimate of drug-likeness (QED) is 0.868. The number of fused-ring (bicyclic) bond motifs is 1. The summed E-state index contributed by atoms with van der Waals surface area (Å²) in [6.45, 7) is 5.54. The van der Waals surface area contributed by atoms with Crippen LogP contribution in [-0.2, 0) is 22.5 Å². The van der Waals surface area contributed by atoms with E-state index in [9.17, 15) is 9.18 Å². The summed E-state index contributed by atoms with van der Waals surface area (Å²) in [6.07, 6.45) is 3.41. The highest BCUT2D eigenvalue weighted by Gasteiger charge is 2.27. The highest BCUT2D eigenvalue weighted by Crippen LogP contribution is 2.27. The van der Waals surface area contributed by atoms with E-state index in [1.54, 1.807) is 12.1 Å². The molecule has 1 aromatic heterocycles. The zero-order chi connectivity index (χ0) is 18.6. The predicted molar refractivity (Wildman–Crippen MR) is 99.7 cm³/mol. The van der Waals surface area contributed by atoms with Gasteiger partial charge in [0.2, 0.25) is 5.91 Å². The summed E-state index contributed by atoms with van der Waals surface area (Å²) in [5.41, 5.74) is 1.86. The third-order valence-electron chi connectivity index (χ3n) is 5.40. The van der Waals surface area contributed by atoms with Crippen LogP contribution >= 0.6 is 0 Å². The number of benzene rings is 1. The highest BCUT2D eigenvalue weighted by atomic mass is 19.1. The lowest BCUT2D eigenvalue weighted by molar-refractivity contribution is -0.126. The lowest BCUT2D eigenvalue weighted by atomic mass is 9.98. The molecule has 1 atom stereocenters. The van der Waals surface area contributed by atoms with Gasteiger partial charge in [0.15, 0.2) is 0 Å². The minimum atomic E-state index is -0.255. The maximum absolute atomic E-state index is 13.2. The van der Waals surface area contributed by atoms with Gasteiger partial charge in [0.25, 0.3) is 0 Å². The van der Waals surface area contributed by atoms with E-state index < -0.39 is 0 Å². The van der Waals surface area contributed by atoms with E-state index in [0.29, 0.717) is 13.1 Å². The molecule has 6 nitrogen and oxygen atoms in total. The molecule has 2 aromatic rings. The largest absolute Gasteiger partial charge is 0.379 e. The smallest absolute Gasteiger partial charge is 0.224 e. The number of ether oxygens (including phenoxy) is 1. The second-order valence-electron chi connectivity index (χ2n) is 7.16. The Kier molecular flexibility index (Phi) is 5.50. The van der Waals surface area contributed by atoms with E-state index in [1.807, 2.05) is 6.20 Å². The number of halogens is 1. The molecule has 7 heteroatoms. The maximum Gasteiger partial charge on any atom is 0.224 e. The Morgan fingerprint density at radius 3 is 2.81 bits per heavy atom. The number of nitrogens with zero attached hydrogens (tertiary/aromatic N) is 3. The number of hydrogen-bond acceptors (Lipinski definition) is 4. The Morgan fingerprint density at radius 2 is 2.04 bits per heavy atom. The molecule has 0 spiro atoms. The number of aryl methyl sites for hydroxylation is 1. The molecule has 0 aliphatic carbocycles.